The van der Waals surface area contributed by atoms with Crippen molar-refractivity contribution in [2.24, 2.45) is 4.99 Å². The summed E-state index contributed by atoms with van der Waals surface area (Å²) in [6.45, 7) is 2.49. The van der Waals surface area contributed by atoms with E-state index in [4.69, 9.17) is 0 Å². The number of thioether (sulfide) groups is 1. The van der Waals surface area contributed by atoms with E-state index in [-0.39, 0.29) is 24.4 Å². The van der Waals surface area contributed by atoms with Crippen LogP contribution in [0.25, 0.3) is 0 Å². The van der Waals surface area contributed by atoms with Gasteiger partial charge >= 0.3 is 0 Å². The van der Waals surface area contributed by atoms with E-state index in [1.54, 1.807) is 6.07 Å². The van der Waals surface area contributed by atoms with Crippen molar-refractivity contribution in [3.63, 3.8) is 0 Å². The molecule has 2 aromatic rings. The summed E-state index contributed by atoms with van der Waals surface area (Å²) in [6.07, 6.45) is -1.58. The lowest BCUT2D eigenvalue weighted by atomic mass is 10.0. The number of halogens is 1. The van der Waals surface area contributed by atoms with Gasteiger partial charge in [0, 0.05) is 12.3 Å². The van der Waals surface area contributed by atoms with Gasteiger partial charge in [-0.05, 0) is 55.0 Å². The Morgan fingerprint density at radius 1 is 1.20 bits per heavy atom. The maximum Gasteiger partial charge on any atom is 0.255 e. The Bertz CT molecular complexity index is 1100. The summed E-state index contributed by atoms with van der Waals surface area (Å²) >= 11 is 1.49. The highest BCUT2D eigenvalue weighted by molar-refractivity contribution is 8.14. The molecule has 1 saturated heterocycles. The smallest absolute Gasteiger partial charge is 0.255 e. The summed E-state index contributed by atoms with van der Waals surface area (Å²) in [5.74, 6) is -1.05. The molecule has 0 spiro atoms. The van der Waals surface area contributed by atoms with Gasteiger partial charge in [-0.3, -0.25) is 14.6 Å². The van der Waals surface area contributed by atoms with Gasteiger partial charge in [0.05, 0.1) is 23.7 Å². The van der Waals surface area contributed by atoms with Gasteiger partial charge in [0.2, 0.25) is 0 Å². The minimum atomic E-state index is -1.88. The molecule has 2 heterocycles. The molecule has 9 heteroatoms. The van der Waals surface area contributed by atoms with E-state index < -0.39 is 24.0 Å². The molecule has 2 aliphatic heterocycles. The van der Waals surface area contributed by atoms with Crippen LogP contribution in [0.5, 0.6) is 0 Å². The van der Waals surface area contributed by atoms with Gasteiger partial charge in [-0.2, -0.15) is 0 Å². The summed E-state index contributed by atoms with van der Waals surface area (Å²) < 4.78 is 13.6. The van der Waals surface area contributed by atoms with E-state index in [1.807, 2.05) is 37.3 Å². The molecule has 2 aliphatic rings. The van der Waals surface area contributed by atoms with Gasteiger partial charge in [-0.1, -0.05) is 36.4 Å². The third-order valence-corrected chi connectivity index (χ3v) is 7.62. The Kier molecular flexibility index (Phi) is 8.20. The van der Waals surface area contributed by atoms with E-state index in [0.717, 1.165) is 29.5 Å². The number of hydrogen-bond acceptors (Lipinski definition) is 6. The van der Waals surface area contributed by atoms with Crippen molar-refractivity contribution >= 4 is 28.6 Å². The highest BCUT2D eigenvalue weighted by Crippen LogP contribution is 2.32. The van der Waals surface area contributed by atoms with Crippen LogP contribution >= 0.6 is 11.8 Å². The molecule has 0 aliphatic carbocycles. The number of aliphatic hydroxyl groups excluding tert-OH is 2. The summed E-state index contributed by atoms with van der Waals surface area (Å²) in [4.78, 5) is 31.5. The molecule has 0 saturated carbocycles. The Morgan fingerprint density at radius 3 is 2.74 bits per heavy atom. The number of hydrogen-bond donors (Lipinski definition) is 3. The molecule has 35 heavy (non-hydrogen) atoms. The zero-order chi connectivity index (χ0) is 24.9. The maximum atomic E-state index is 13.6. The van der Waals surface area contributed by atoms with Crippen molar-refractivity contribution in [2.45, 2.75) is 50.5 Å². The van der Waals surface area contributed by atoms with Gasteiger partial charge in [0.25, 0.3) is 11.8 Å². The standard InChI is InChI=1S/C26H30FN3O4S/c1-16-9-10-19(27)12-18(16)13-20-15-35-22(29-20)14-28-25(33)23(31)24(32)26(34)30-11-5-8-21(30)17-6-3-2-4-7-17/h2-4,6-7,9-10,12,20-21,23-24,31-32H,5,8,11,13-15H2,1H3,(H,28,33)/t20?,21?,23-,24-/m1/s1. The van der Waals surface area contributed by atoms with Gasteiger partial charge in [-0.25, -0.2) is 4.39 Å². The van der Waals surface area contributed by atoms with Crippen LogP contribution in [0.3, 0.4) is 0 Å². The highest BCUT2D eigenvalue weighted by Gasteiger charge is 2.38. The van der Waals surface area contributed by atoms with Crippen molar-refractivity contribution in [1.29, 1.82) is 0 Å². The molecule has 0 radical (unpaired) electrons. The first-order chi connectivity index (χ1) is 16.8. The Balaban J connectivity index is 1.30. The Labute approximate surface area is 208 Å². The molecule has 4 atom stereocenters. The molecule has 2 unspecified atom stereocenters. The summed E-state index contributed by atoms with van der Waals surface area (Å²) in [5.41, 5.74) is 2.86. The van der Waals surface area contributed by atoms with Crippen LogP contribution < -0.4 is 5.32 Å². The topological polar surface area (TPSA) is 102 Å². The van der Waals surface area contributed by atoms with Gasteiger partial charge in [0.15, 0.2) is 12.2 Å². The highest BCUT2D eigenvalue weighted by atomic mass is 32.2. The third kappa shape index (κ3) is 6.09. The molecule has 186 valence electrons. The number of aryl methyl sites for hydroxylation is 1. The Morgan fingerprint density at radius 2 is 1.97 bits per heavy atom. The van der Waals surface area contributed by atoms with Crippen LogP contribution in [0.4, 0.5) is 4.39 Å². The quantitative estimate of drug-likeness (QED) is 0.518. The number of aliphatic imine (C=N–C) groups is 1. The Hall–Kier alpha value is -2.75. The molecular weight excluding hydrogens is 469 g/mol. The van der Waals surface area contributed by atoms with E-state index in [0.29, 0.717) is 23.8 Å². The third-order valence-electron chi connectivity index (χ3n) is 6.49. The summed E-state index contributed by atoms with van der Waals surface area (Å²) in [5, 5.41) is 24.1. The molecule has 7 nitrogen and oxygen atoms in total. The number of amides is 2. The minimum Gasteiger partial charge on any atom is -0.380 e. The lowest BCUT2D eigenvalue weighted by Gasteiger charge is -2.28. The number of carbonyl (C=O) groups excluding carboxylic acids is 2. The molecular formula is C26H30FN3O4S. The number of aliphatic hydroxyl groups is 2. The first-order valence-corrected chi connectivity index (χ1v) is 12.8. The van der Waals surface area contributed by atoms with Gasteiger partial charge in [0.1, 0.15) is 5.82 Å². The second-order valence-electron chi connectivity index (χ2n) is 8.97. The van der Waals surface area contributed by atoms with Crippen LogP contribution in [0.2, 0.25) is 0 Å². The van der Waals surface area contributed by atoms with Crippen molar-refractivity contribution in [3.05, 3.63) is 71.0 Å². The zero-order valence-electron chi connectivity index (χ0n) is 19.6. The summed E-state index contributed by atoms with van der Waals surface area (Å²) in [6, 6.07) is 14.0. The molecule has 2 amide bonds. The molecule has 0 bridgehead atoms. The normalized spacial score (nSPS) is 21.5. The average Bonchev–Trinajstić information content (AvgIpc) is 3.54. The number of benzene rings is 2. The molecule has 2 aromatic carbocycles. The second kappa shape index (κ2) is 11.3. The zero-order valence-corrected chi connectivity index (χ0v) is 20.4. The predicted molar refractivity (Wildman–Crippen MR) is 134 cm³/mol. The maximum absolute atomic E-state index is 13.6. The number of nitrogens with zero attached hydrogens (tertiary/aromatic N) is 2. The lowest BCUT2D eigenvalue weighted by molar-refractivity contribution is -0.153. The fourth-order valence-corrected chi connectivity index (χ4v) is 5.53. The van der Waals surface area contributed by atoms with Crippen molar-refractivity contribution < 1.29 is 24.2 Å². The first-order valence-electron chi connectivity index (χ1n) is 11.8. The monoisotopic (exact) mass is 499 g/mol. The van der Waals surface area contributed by atoms with Crippen molar-refractivity contribution in [2.75, 3.05) is 18.8 Å². The first kappa shape index (κ1) is 25.3. The average molecular weight is 500 g/mol. The van der Waals surface area contributed by atoms with Gasteiger partial charge < -0.3 is 20.4 Å². The number of carbonyl (C=O) groups is 2. The molecule has 1 fully saturated rings. The largest absolute Gasteiger partial charge is 0.380 e. The number of likely N-dealkylation sites (tertiary alicyclic amines) is 1. The second-order valence-corrected chi connectivity index (χ2v) is 10.1. The predicted octanol–water partition coefficient (Wildman–Crippen LogP) is 2.39. The van der Waals surface area contributed by atoms with Crippen molar-refractivity contribution in [1.82, 2.24) is 10.2 Å². The van der Waals surface area contributed by atoms with E-state index in [9.17, 15) is 24.2 Å². The number of nitrogens with one attached hydrogen (secondary N) is 1. The van der Waals surface area contributed by atoms with Crippen LogP contribution in [-0.2, 0) is 16.0 Å². The fraction of sp³-hybridized carbons (Fsp3) is 0.423. The van der Waals surface area contributed by atoms with E-state index in [1.165, 1.54) is 28.8 Å². The SMILES string of the molecule is Cc1ccc(F)cc1CC1CSC(CNC(=O)[C@H](O)[C@@H](O)C(=O)N2CCCC2c2ccccc2)=N1. The van der Waals surface area contributed by atoms with Crippen LogP contribution in [0.15, 0.2) is 53.5 Å². The van der Waals surface area contributed by atoms with E-state index in [2.05, 4.69) is 10.3 Å². The van der Waals surface area contributed by atoms with Crippen LogP contribution in [-0.4, -0.2) is 69.1 Å². The van der Waals surface area contributed by atoms with Crippen molar-refractivity contribution in [3.8, 4) is 0 Å². The van der Waals surface area contributed by atoms with E-state index >= 15 is 0 Å². The number of rotatable bonds is 8. The van der Waals surface area contributed by atoms with Crippen LogP contribution in [0.1, 0.15) is 35.6 Å². The fourth-order valence-electron chi connectivity index (χ4n) is 4.55. The molecule has 4 rings (SSSR count). The minimum absolute atomic E-state index is 0.0328. The molecule has 3 N–H and O–H groups in total. The molecule has 0 aromatic heterocycles. The summed E-state index contributed by atoms with van der Waals surface area (Å²) in [7, 11) is 0. The van der Waals surface area contributed by atoms with Gasteiger partial charge in [-0.15, -0.1) is 11.8 Å². The lowest BCUT2D eigenvalue weighted by Crippen LogP contribution is -2.51. The van der Waals surface area contributed by atoms with Crippen LogP contribution in [0, 0.1) is 12.7 Å².